The fraction of sp³-hybridized carbons (Fsp3) is 0.348. The van der Waals surface area contributed by atoms with E-state index in [1.807, 2.05) is 20.8 Å². The van der Waals surface area contributed by atoms with E-state index in [9.17, 15) is 14.4 Å². The molecule has 2 amide bonds. The second-order valence-electron chi connectivity index (χ2n) is 7.69. The van der Waals surface area contributed by atoms with Crippen LogP contribution < -0.4 is 15.0 Å². The molecule has 2 aromatic carbocycles. The van der Waals surface area contributed by atoms with Gasteiger partial charge in [-0.3, -0.25) is 14.4 Å². The number of ether oxygens (including phenoxy) is 2. The van der Waals surface area contributed by atoms with Gasteiger partial charge < -0.3 is 19.7 Å². The van der Waals surface area contributed by atoms with Gasteiger partial charge in [0.15, 0.2) is 6.61 Å². The van der Waals surface area contributed by atoms with Gasteiger partial charge in [-0.15, -0.1) is 0 Å². The summed E-state index contributed by atoms with van der Waals surface area (Å²) in [5, 5.41) is 3.16. The number of amides is 2. The Morgan fingerprint density at radius 1 is 1.19 bits per heavy atom. The van der Waals surface area contributed by atoms with E-state index in [1.165, 1.54) is 0 Å². The Morgan fingerprint density at radius 3 is 2.55 bits per heavy atom. The molecule has 1 N–H and O–H groups in total. The Hall–Kier alpha value is -3.06. The van der Waals surface area contributed by atoms with Gasteiger partial charge in [-0.25, -0.2) is 0 Å². The first-order valence-corrected chi connectivity index (χ1v) is 10.4. The van der Waals surface area contributed by atoms with Crippen molar-refractivity contribution in [3.8, 4) is 5.75 Å². The molecule has 1 saturated heterocycles. The molecule has 2 aromatic rings. The first-order valence-electron chi connectivity index (χ1n) is 10.0. The quantitative estimate of drug-likeness (QED) is 0.653. The molecule has 0 bridgehead atoms. The van der Waals surface area contributed by atoms with Gasteiger partial charge in [-0.05, 0) is 62.7 Å². The number of carbonyl (C=O) groups is 3. The van der Waals surface area contributed by atoms with Gasteiger partial charge in [0.25, 0.3) is 5.91 Å². The molecule has 0 spiro atoms. The molecular formula is C23H25ClN2O5. The molecule has 1 heterocycles. The monoisotopic (exact) mass is 444 g/mol. The van der Waals surface area contributed by atoms with Crippen molar-refractivity contribution >= 4 is 40.8 Å². The number of aryl methyl sites for hydroxylation is 1. The number of halogens is 1. The number of nitrogens with one attached hydrogen (secondary N) is 1. The molecule has 0 aromatic heterocycles. The Balaban J connectivity index is 1.51. The van der Waals surface area contributed by atoms with Crippen molar-refractivity contribution in [1.82, 2.24) is 0 Å². The molecular weight excluding hydrogens is 420 g/mol. The average Bonchev–Trinajstić information content (AvgIpc) is 3.11. The maximum absolute atomic E-state index is 12.4. The highest BCUT2D eigenvalue weighted by Crippen LogP contribution is 2.28. The van der Waals surface area contributed by atoms with E-state index < -0.39 is 24.4 Å². The lowest BCUT2D eigenvalue weighted by molar-refractivity contribution is -0.151. The van der Waals surface area contributed by atoms with E-state index in [0.717, 1.165) is 5.56 Å². The molecule has 164 valence electrons. The number of hydrogen-bond acceptors (Lipinski definition) is 5. The lowest BCUT2D eigenvalue weighted by atomic mass is 10.1. The van der Waals surface area contributed by atoms with Crippen LogP contribution in [0.25, 0.3) is 0 Å². The van der Waals surface area contributed by atoms with Crippen LogP contribution >= 0.6 is 11.6 Å². The third kappa shape index (κ3) is 5.98. The predicted octanol–water partition coefficient (Wildman–Crippen LogP) is 3.97. The lowest BCUT2D eigenvalue weighted by Crippen LogP contribution is -2.28. The van der Waals surface area contributed by atoms with E-state index in [2.05, 4.69) is 5.32 Å². The van der Waals surface area contributed by atoms with Crippen LogP contribution in [0.2, 0.25) is 5.02 Å². The molecule has 3 rings (SSSR count). The van der Waals surface area contributed by atoms with Crippen molar-refractivity contribution in [2.45, 2.75) is 33.3 Å². The third-order valence-electron chi connectivity index (χ3n) is 4.78. The van der Waals surface area contributed by atoms with Crippen molar-refractivity contribution in [3.05, 3.63) is 53.1 Å². The summed E-state index contributed by atoms with van der Waals surface area (Å²) in [5.74, 6) is -1.14. The Kier molecular flexibility index (Phi) is 7.17. The first-order chi connectivity index (χ1) is 14.7. The third-order valence-corrected chi connectivity index (χ3v) is 5.19. The number of esters is 1. The van der Waals surface area contributed by atoms with Gasteiger partial charge in [0.1, 0.15) is 5.75 Å². The summed E-state index contributed by atoms with van der Waals surface area (Å²) in [6, 6.07) is 12.3. The number of carbonyl (C=O) groups excluding carboxylic acids is 3. The second-order valence-corrected chi connectivity index (χ2v) is 8.09. The lowest BCUT2D eigenvalue weighted by Gasteiger charge is -2.17. The molecule has 7 nitrogen and oxygen atoms in total. The van der Waals surface area contributed by atoms with Gasteiger partial charge >= 0.3 is 5.97 Å². The Labute approximate surface area is 186 Å². The van der Waals surface area contributed by atoms with E-state index in [-0.39, 0.29) is 25.0 Å². The van der Waals surface area contributed by atoms with Crippen molar-refractivity contribution in [3.63, 3.8) is 0 Å². The van der Waals surface area contributed by atoms with Gasteiger partial charge in [-0.2, -0.15) is 0 Å². The molecule has 1 aliphatic heterocycles. The smallest absolute Gasteiger partial charge is 0.311 e. The van der Waals surface area contributed by atoms with Gasteiger partial charge in [0.05, 0.1) is 12.0 Å². The summed E-state index contributed by atoms with van der Waals surface area (Å²) in [6.45, 7) is 5.50. The molecule has 0 saturated carbocycles. The molecule has 8 heteroatoms. The topological polar surface area (TPSA) is 84.9 Å². The number of hydrogen-bond donors (Lipinski definition) is 1. The highest BCUT2D eigenvalue weighted by atomic mass is 35.5. The molecule has 1 fully saturated rings. The molecule has 0 unspecified atom stereocenters. The summed E-state index contributed by atoms with van der Waals surface area (Å²) in [4.78, 5) is 38.4. The summed E-state index contributed by atoms with van der Waals surface area (Å²) < 4.78 is 10.7. The summed E-state index contributed by atoms with van der Waals surface area (Å²) in [6.07, 6.45) is 0.0942. The van der Waals surface area contributed by atoms with Crippen LogP contribution in [0.5, 0.6) is 5.75 Å². The average molecular weight is 445 g/mol. The van der Waals surface area contributed by atoms with Crippen molar-refractivity contribution in [1.29, 1.82) is 0 Å². The van der Waals surface area contributed by atoms with E-state index >= 15 is 0 Å². The SMILES string of the molecule is Cc1ccc(NC(=O)COC(=O)[C@H]2CC(=O)N(c3ccc(OC(C)C)cc3)C2)cc1Cl. The number of benzene rings is 2. The number of rotatable bonds is 7. The van der Waals surface area contributed by atoms with Crippen molar-refractivity contribution in [2.75, 3.05) is 23.4 Å². The highest BCUT2D eigenvalue weighted by molar-refractivity contribution is 6.31. The molecule has 31 heavy (non-hydrogen) atoms. The molecule has 0 aliphatic carbocycles. The predicted molar refractivity (Wildman–Crippen MR) is 118 cm³/mol. The number of anilines is 2. The number of nitrogens with zero attached hydrogens (tertiary/aromatic N) is 1. The van der Waals surface area contributed by atoms with Gasteiger partial charge in [-0.1, -0.05) is 17.7 Å². The van der Waals surface area contributed by atoms with E-state index in [4.69, 9.17) is 21.1 Å². The van der Waals surface area contributed by atoms with E-state index in [0.29, 0.717) is 22.1 Å². The zero-order valence-corrected chi connectivity index (χ0v) is 18.4. The van der Waals surface area contributed by atoms with Crippen molar-refractivity contribution in [2.24, 2.45) is 5.92 Å². The maximum atomic E-state index is 12.4. The minimum absolute atomic E-state index is 0.0399. The highest BCUT2D eigenvalue weighted by Gasteiger charge is 2.36. The van der Waals surface area contributed by atoms with E-state index in [1.54, 1.807) is 47.4 Å². The molecule has 1 atom stereocenters. The zero-order chi connectivity index (χ0) is 22.5. The summed E-state index contributed by atoms with van der Waals surface area (Å²) >= 11 is 6.04. The Bertz CT molecular complexity index is 974. The van der Waals surface area contributed by atoms with Crippen LogP contribution in [-0.4, -0.2) is 37.0 Å². The van der Waals surface area contributed by atoms with Crippen LogP contribution in [-0.2, 0) is 19.1 Å². The van der Waals surface area contributed by atoms with Crippen LogP contribution in [0.15, 0.2) is 42.5 Å². The largest absolute Gasteiger partial charge is 0.491 e. The van der Waals surface area contributed by atoms with Crippen LogP contribution in [0, 0.1) is 12.8 Å². The summed E-state index contributed by atoms with van der Waals surface area (Å²) in [5.41, 5.74) is 2.10. The molecule has 0 radical (unpaired) electrons. The van der Waals surface area contributed by atoms with Crippen molar-refractivity contribution < 1.29 is 23.9 Å². The zero-order valence-electron chi connectivity index (χ0n) is 17.7. The minimum Gasteiger partial charge on any atom is -0.491 e. The minimum atomic E-state index is -0.624. The van der Waals surface area contributed by atoms with Crippen LogP contribution in [0.4, 0.5) is 11.4 Å². The normalized spacial score (nSPS) is 15.8. The van der Waals surface area contributed by atoms with Gasteiger partial charge in [0, 0.05) is 29.4 Å². The first kappa shape index (κ1) is 22.6. The standard InChI is InChI=1S/C23H25ClN2O5/c1-14(2)31-19-8-6-18(7-9-19)26-12-16(10-22(26)28)23(29)30-13-21(27)25-17-5-4-15(3)20(24)11-17/h4-9,11,14,16H,10,12-13H2,1-3H3,(H,25,27)/t16-/m0/s1. The van der Waals surface area contributed by atoms with Crippen LogP contribution in [0.3, 0.4) is 0 Å². The Morgan fingerprint density at radius 2 is 1.90 bits per heavy atom. The maximum Gasteiger partial charge on any atom is 0.311 e. The fourth-order valence-electron chi connectivity index (χ4n) is 3.21. The fourth-order valence-corrected chi connectivity index (χ4v) is 3.39. The summed E-state index contributed by atoms with van der Waals surface area (Å²) in [7, 11) is 0. The van der Waals surface area contributed by atoms with Gasteiger partial charge in [0.2, 0.25) is 5.91 Å². The van der Waals surface area contributed by atoms with Crippen LogP contribution in [0.1, 0.15) is 25.8 Å². The second kappa shape index (κ2) is 9.83. The molecule has 1 aliphatic rings.